The van der Waals surface area contributed by atoms with Gasteiger partial charge < -0.3 is 4.74 Å². The molecule has 170 valence electrons. The minimum atomic E-state index is -5.68. The van der Waals surface area contributed by atoms with E-state index in [2.05, 4.69) is 0 Å². The number of hydrogen-bond acceptors (Lipinski definition) is 3. The first-order valence-corrected chi connectivity index (χ1v) is 10.4. The van der Waals surface area contributed by atoms with Crippen LogP contribution in [-0.2, 0) is 0 Å². The number of nitrogens with zero attached hydrogens (tertiary/aromatic N) is 1. The Morgan fingerprint density at radius 1 is 0.848 bits per heavy atom. The highest BCUT2D eigenvalue weighted by Crippen LogP contribution is 2.65. The van der Waals surface area contributed by atoms with Crippen LogP contribution in [0.5, 0.6) is 5.75 Å². The fourth-order valence-electron chi connectivity index (χ4n) is 3.86. The molecule has 0 N–H and O–H groups in total. The number of halogens is 6. The average molecular weight is 479 g/mol. The molecular formula is C24H15F6NOS. The monoisotopic (exact) mass is 479 g/mol. The third-order valence-electron chi connectivity index (χ3n) is 5.55. The van der Waals surface area contributed by atoms with Gasteiger partial charge in [-0.15, -0.1) is 11.3 Å². The largest absolute Gasteiger partial charge is 0.497 e. The second kappa shape index (κ2) is 7.66. The highest BCUT2D eigenvalue weighted by Gasteiger charge is 2.80. The summed E-state index contributed by atoms with van der Waals surface area (Å²) in [5, 5.41) is 9.32. The van der Waals surface area contributed by atoms with Crippen LogP contribution < -0.4 is 4.74 Å². The molecule has 0 bridgehead atoms. The number of aryl methyl sites for hydroxylation is 1. The number of benzene rings is 2. The molecule has 9 heteroatoms. The van der Waals surface area contributed by atoms with Gasteiger partial charge in [-0.25, -0.2) is 0 Å². The van der Waals surface area contributed by atoms with Gasteiger partial charge in [-0.1, -0.05) is 18.2 Å². The molecule has 0 unspecified atom stereocenters. The Morgan fingerprint density at radius 2 is 1.42 bits per heavy atom. The van der Waals surface area contributed by atoms with E-state index in [1.807, 2.05) is 0 Å². The van der Waals surface area contributed by atoms with E-state index in [0.29, 0.717) is 16.2 Å². The number of allylic oxidation sites excluding steroid dienone is 2. The second-order valence-corrected chi connectivity index (χ2v) is 8.70. The first-order valence-electron chi connectivity index (χ1n) is 9.60. The van der Waals surface area contributed by atoms with Crippen molar-refractivity contribution >= 4 is 22.5 Å². The lowest BCUT2D eigenvalue weighted by Crippen LogP contribution is -2.49. The molecule has 0 saturated heterocycles. The summed E-state index contributed by atoms with van der Waals surface area (Å²) >= 11 is 1.01. The molecule has 33 heavy (non-hydrogen) atoms. The van der Waals surface area contributed by atoms with Gasteiger partial charge in [0, 0.05) is 26.5 Å². The van der Waals surface area contributed by atoms with Gasteiger partial charge in [0.2, 0.25) is 0 Å². The Bertz CT molecular complexity index is 1300. The van der Waals surface area contributed by atoms with Crippen LogP contribution in [0.1, 0.15) is 21.6 Å². The van der Waals surface area contributed by atoms with Crippen LogP contribution in [0.4, 0.5) is 26.3 Å². The number of ether oxygens (including phenoxy) is 1. The van der Waals surface area contributed by atoms with Crippen molar-refractivity contribution in [2.75, 3.05) is 7.11 Å². The molecule has 0 atom stereocenters. The van der Waals surface area contributed by atoms with Crippen molar-refractivity contribution in [1.29, 1.82) is 5.26 Å². The molecule has 0 saturated carbocycles. The topological polar surface area (TPSA) is 33.0 Å². The van der Waals surface area contributed by atoms with Crippen molar-refractivity contribution in [2.45, 2.75) is 24.7 Å². The van der Waals surface area contributed by atoms with Crippen molar-refractivity contribution in [3.05, 3.63) is 76.2 Å². The van der Waals surface area contributed by atoms with Crippen LogP contribution in [0.25, 0.3) is 21.6 Å². The van der Waals surface area contributed by atoms with E-state index in [4.69, 9.17) is 4.74 Å². The van der Waals surface area contributed by atoms with E-state index in [0.717, 1.165) is 23.5 Å². The Morgan fingerprint density at radius 3 is 2.00 bits per heavy atom. The fourth-order valence-corrected chi connectivity index (χ4v) is 4.89. The average Bonchev–Trinajstić information content (AvgIpc) is 3.21. The highest BCUT2D eigenvalue weighted by atomic mass is 32.1. The van der Waals surface area contributed by atoms with Crippen LogP contribution >= 0.6 is 11.3 Å². The zero-order chi connectivity index (χ0) is 24.2. The lowest BCUT2D eigenvalue weighted by atomic mass is 9.92. The molecule has 1 aliphatic carbocycles. The van der Waals surface area contributed by atoms with Crippen molar-refractivity contribution in [3.8, 4) is 22.3 Å². The Hall–Kier alpha value is -3.25. The maximum Gasteiger partial charge on any atom is 0.380 e. The minimum absolute atomic E-state index is 0.163. The molecular weight excluding hydrogens is 464 g/mol. The lowest BCUT2D eigenvalue weighted by molar-refractivity contribution is -0.254. The molecule has 2 nitrogen and oxygen atoms in total. The number of alkyl halides is 6. The third kappa shape index (κ3) is 3.23. The maximum atomic E-state index is 15.0. The van der Waals surface area contributed by atoms with Crippen LogP contribution in [0.3, 0.4) is 0 Å². The molecule has 4 rings (SSSR count). The first kappa shape index (κ1) is 22.9. The van der Waals surface area contributed by atoms with Crippen molar-refractivity contribution < 1.29 is 31.1 Å². The number of nitriles is 1. The van der Waals surface area contributed by atoms with Crippen LogP contribution in [-0.4, -0.2) is 24.9 Å². The van der Waals surface area contributed by atoms with Crippen LogP contribution in [0.15, 0.2) is 54.6 Å². The molecule has 0 radical (unpaired) electrons. The Kier molecular flexibility index (Phi) is 5.32. The van der Waals surface area contributed by atoms with Gasteiger partial charge in [-0.3, -0.25) is 0 Å². The van der Waals surface area contributed by atoms with Gasteiger partial charge in [-0.2, -0.15) is 31.6 Å². The van der Waals surface area contributed by atoms with E-state index in [9.17, 15) is 22.8 Å². The summed E-state index contributed by atoms with van der Waals surface area (Å²) in [6.07, 6.45) is 0. The van der Waals surface area contributed by atoms with E-state index in [-0.39, 0.29) is 4.88 Å². The fraction of sp³-hybridized carbons (Fsp3) is 0.208. The molecule has 3 aromatic rings. The van der Waals surface area contributed by atoms with Crippen molar-refractivity contribution in [3.63, 3.8) is 0 Å². The first-order chi connectivity index (χ1) is 15.5. The standard InChI is InChI=1S/C24H15F6NOS/c1-13-18(11-19(33-13)14-7-9-16(32-2)10-8-14)21-20(17-6-4-3-5-15(17)12-31)22(25,26)24(29,30)23(21,27)28/h3-11H,1-2H3. The summed E-state index contributed by atoms with van der Waals surface area (Å²) in [5.41, 5.74) is -3.87. The van der Waals surface area contributed by atoms with Gasteiger partial charge in [0.25, 0.3) is 0 Å². The summed E-state index contributed by atoms with van der Waals surface area (Å²) in [6.45, 7) is 1.40. The Labute approximate surface area is 189 Å². The summed E-state index contributed by atoms with van der Waals surface area (Å²) in [6, 6.07) is 14.0. The molecule has 0 fully saturated rings. The van der Waals surface area contributed by atoms with Gasteiger partial charge >= 0.3 is 17.8 Å². The molecule has 0 spiro atoms. The van der Waals surface area contributed by atoms with E-state index in [1.165, 1.54) is 32.2 Å². The molecule has 1 aromatic heterocycles. The normalized spacial score (nSPS) is 18.3. The molecule has 1 aliphatic rings. The SMILES string of the molecule is COc1ccc(-c2cc(C3=C(c4ccccc4C#N)C(F)(F)C(F)(F)C3(F)F)c(C)s2)cc1. The van der Waals surface area contributed by atoms with E-state index in [1.54, 1.807) is 30.3 Å². The zero-order valence-corrected chi connectivity index (χ0v) is 18.0. The van der Waals surface area contributed by atoms with E-state index < -0.39 is 45.6 Å². The van der Waals surface area contributed by atoms with Crippen molar-refractivity contribution in [2.24, 2.45) is 0 Å². The predicted octanol–water partition coefficient (Wildman–Crippen LogP) is 7.43. The second-order valence-electron chi connectivity index (χ2n) is 7.44. The van der Waals surface area contributed by atoms with Crippen molar-refractivity contribution in [1.82, 2.24) is 0 Å². The Balaban J connectivity index is 2.02. The third-order valence-corrected chi connectivity index (χ3v) is 6.64. The van der Waals surface area contributed by atoms with E-state index >= 15 is 8.78 Å². The number of rotatable bonds is 4. The summed E-state index contributed by atoms with van der Waals surface area (Å²) in [5.74, 6) is -15.5. The number of methoxy groups -OCH3 is 1. The smallest absolute Gasteiger partial charge is 0.380 e. The maximum absolute atomic E-state index is 15.0. The van der Waals surface area contributed by atoms with Gasteiger partial charge in [-0.05, 0) is 54.4 Å². The molecule has 2 aromatic carbocycles. The predicted molar refractivity (Wildman–Crippen MR) is 114 cm³/mol. The number of thiophene rings is 1. The van der Waals surface area contributed by atoms with Gasteiger partial charge in [0.05, 0.1) is 18.7 Å². The summed E-state index contributed by atoms with van der Waals surface area (Å²) < 4.78 is 94.1. The van der Waals surface area contributed by atoms with Gasteiger partial charge in [0.1, 0.15) is 5.75 Å². The van der Waals surface area contributed by atoms with Gasteiger partial charge in [0.15, 0.2) is 0 Å². The lowest BCUT2D eigenvalue weighted by Gasteiger charge is -2.26. The van der Waals surface area contributed by atoms with Crippen LogP contribution in [0, 0.1) is 18.3 Å². The summed E-state index contributed by atoms with van der Waals surface area (Å²) in [7, 11) is 1.47. The van der Waals surface area contributed by atoms with Crippen LogP contribution in [0.2, 0.25) is 0 Å². The zero-order valence-electron chi connectivity index (χ0n) is 17.2. The molecule has 0 amide bonds. The summed E-state index contributed by atoms with van der Waals surface area (Å²) in [4.78, 5) is 0.593. The quantitative estimate of drug-likeness (QED) is 0.365. The molecule has 1 heterocycles. The highest BCUT2D eigenvalue weighted by molar-refractivity contribution is 7.15. The molecule has 0 aliphatic heterocycles. The number of hydrogen-bond donors (Lipinski definition) is 0. The minimum Gasteiger partial charge on any atom is -0.497 e.